The molecule has 2 aromatic heterocycles. The lowest BCUT2D eigenvalue weighted by molar-refractivity contribution is 0.279. The summed E-state index contributed by atoms with van der Waals surface area (Å²) in [6.07, 6.45) is 0. The van der Waals surface area contributed by atoms with Crippen molar-refractivity contribution in [2.45, 2.75) is 13.5 Å². The van der Waals surface area contributed by atoms with E-state index in [4.69, 9.17) is 5.11 Å². The number of rotatable bonds is 2. The second-order valence-electron chi connectivity index (χ2n) is 4.08. The highest BCUT2D eigenvalue weighted by molar-refractivity contribution is 5.80. The maximum atomic E-state index is 11.6. The first-order chi connectivity index (χ1) is 8.72. The number of aliphatic hydroxyl groups is 1. The first-order valence-corrected chi connectivity index (χ1v) is 5.68. The number of nitrogens with zero attached hydrogens (tertiary/aromatic N) is 4. The molecule has 2 heterocycles. The largest absolute Gasteiger partial charge is 0.395 e. The van der Waals surface area contributed by atoms with Crippen molar-refractivity contribution in [3.05, 3.63) is 40.3 Å². The van der Waals surface area contributed by atoms with Crippen LogP contribution in [0.2, 0.25) is 0 Å². The minimum atomic E-state index is -0.336. The molecular weight excluding hydrogens is 232 g/mol. The number of fused-ring (bicyclic) bond motifs is 3. The summed E-state index contributed by atoms with van der Waals surface area (Å²) >= 11 is 0. The minimum absolute atomic E-state index is 0.0158. The van der Waals surface area contributed by atoms with Gasteiger partial charge in [0.05, 0.1) is 17.6 Å². The topological polar surface area (TPSA) is 72.4 Å². The standard InChI is InChI=1S/C12H12N4O2/c1-8-11(18)13-12-15(6-7-17)9-4-2-3-5-10(9)16(12)14-8/h2-5,17H,6-7H2,1H3. The molecule has 0 unspecified atom stereocenters. The van der Waals surface area contributed by atoms with E-state index < -0.39 is 0 Å². The lowest BCUT2D eigenvalue weighted by Gasteiger charge is -2.01. The lowest BCUT2D eigenvalue weighted by Crippen LogP contribution is -2.17. The summed E-state index contributed by atoms with van der Waals surface area (Å²) in [5.41, 5.74) is 1.80. The number of benzene rings is 1. The zero-order chi connectivity index (χ0) is 12.7. The van der Waals surface area contributed by atoms with Gasteiger partial charge >= 0.3 is 0 Å². The van der Waals surface area contributed by atoms with Crippen molar-refractivity contribution in [2.24, 2.45) is 0 Å². The second kappa shape index (κ2) is 3.92. The molecule has 92 valence electrons. The Bertz CT molecular complexity index is 788. The number of para-hydroxylation sites is 2. The molecule has 1 aromatic carbocycles. The van der Waals surface area contributed by atoms with Gasteiger partial charge in [0.15, 0.2) is 0 Å². The summed E-state index contributed by atoms with van der Waals surface area (Å²) in [6, 6.07) is 7.64. The summed E-state index contributed by atoms with van der Waals surface area (Å²) < 4.78 is 3.44. The maximum Gasteiger partial charge on any atom is 0.296 e. The maximum absolute atomic E-state index is 11.6. The molecule has 0 saturated carbocycles. The van der Waals surface area contributed by atoms with E-state index in [9.17, 15) is 4.79 Å². The molecule has 0 bridgehead atoms. The van der Waals surface area contributed by atoms with E-state index in [0.717, 1.165) is 11.0 Å². The average molecular weight is 244 g/mol. The Morgan fingerprint density at radius 2 is 2.00 bits per heavy atom. The number of aliphatic hydroxyl groups excluding tert-OH is 1. The van der Waals surface area contributed by atoms with Crippen molar-refractivity contribution >= 4 is 16.8 Å². The fourth-order valence-electron chi connectivity index (χ4n) is 2.09. The molecule has 6 heteroatoms. The van der Waals surface area contributed by atoms with E-state index >= 15 is 0 Å². The lowest BCUT2D eigenvalue weighted by atomic mass is 10.3. The third-order valence-electron chi connectivity index (χ3n) is 2.92. The van der Waals surface area contributed by atoms with Crippen LogP contribution in [0.3, 0.4) is 0 Å². The van der Waals surface area contributed by atoms with Crippen LogP contribution in [0.25, 0.3) is 16.8 Å². The number of hydrogen-bond donors (Lipinski definition) is 1. The van der Waals surface area contributed by atoms with Gasteiger partial charge < -0.3 is 9.67 Å². The van der Waals surface area contributed by atoms with Gasteiger partial charge in [-0.1, -0.05) is 12.1 Å². The molecule has 3 rings (SSSR count). The fourth-order valence-corrected chi connectivity index (χ4v) is 2.09. The number of aromatic nitrogens is 4. The highest BCUT2D eigenvalue weighted by atomic mass is 16.3. The quantitative estimate of drug-likeness (QED) is 0.705. The molecule has 3 aromatic rings. The van der Waals surface area contributed by atoms with Crippen molar-refractivity contribution < 1.29 is 5.11 Å². The SMILES string of the molecule is Cc1nn2c3ccccc3n(CCO)c2nc1=O. The van der Waals surface area contributed by atoms with E-state index in [1.807, 2.05) is 24.3 Å². The summed E-state index contributed by atoms with van der Waals surface area (Å²) in [4.78, 5) is 15.6. The third kappa shape index (κ3) is 1.42. The molecule has 0 atom stereocenters. The minimum Gasteiger partial charge on any atom is -0.395 e. The van der Waals surface area contributed by atoms with Crippen LogP contribution in [0.15, 0.2) is 29.1 Å². The van der Waals surface area contributed by atoms with Crippen LogP contribution in [-0.2, 0) is 6.54 Å². The predicted octanol–water partition coefficient (Wildman–Crippen LogP) is 0.345. The fraction of sp³-hybridized carbons (Fsp3) is 0.250. The predicted molar refractivity (Wildman–Crippen MR) is 66.6 cm³/mol. The van der Waals surface area contributed by atoms with E-state index in [1.54, 1.807) is 16.0 Å². The summed E-state index contributed by atoms with van der Waals surface area (Å²) in [5, 5.41) is 13.4. The summed E-state index contributed by atoms with van der Waals surface area (Å²) in [7, 11) is 0. The van der Waals surface area contributed by atoms with Gasteiger partial charge in [-0.25, -0.2) is 0 Å². The smallest absolute Gasteiger partial charge is 0.296 e. The molecule has 1 N–H and O–H groups in total. The first-order valence-electron chi connectivity index (χ1n) is 5.68. The van der Waals surface area contributed by atoms with Gasteiger partial charge in [0.2, 0.25) is 5.78 Å². The van der Waals surface area contributed by atoms with Gasteiger partial charge in [-0.3, -0.25) is 4.79 Å². The van der Waals surface area contributed by atoms with Crippen molar-refractivity contribution in [1.29, 1.82) is 0 Å². The number of hydrogen-bond acceptors (Lipinski definition) is 4. The Morgan fingerprint density at radius 3 is 2.72 bits per heavy atom. The Morgan fingerprint density at radius 1 is 1.28 bits per heavy atom. The van der Waals surface area contributed by atoms with E-state index in [0.29, 0.717) is 18.0 Å². The van der Waals surface area contributed by atoms with Gasteiger partial charge in [0.25, 0.3) is 5.56 Å². The molecule has 0 fully saturated rings. The van der Waals surface area contributed by atoms with Crippen LogP contribution in [0.1, 0.15) is 5.69 Å². The van der Waals surface area contributed by atoms with E-state index in [-0.39, 0.29) is 12.2 Å². The van der Waals surface area contributed by atoms with E-state index in [2.05, 4.69) is 10.1 Å². The second-order valence-corrected chi connectivity index (χ2v) is 4.08. The van der Waals surface area contributed by atoms with Crippen molar-refractivity contribution in [2.75, 3.05) is 6.61 Å². The summed E-state index contributed by atoms with van der Waals surface area (Å²) in [6.45, 7) is 2.01. The average Bonchev–Trinajstić information content (AvgIpc) is 2.66. The highest BCUT2D eigenvalue weighted by Crippen LogP contribution is 2.17. The van der Waals surface area contributed by atoms with E-state index in [1.165, 1.54) is 0 Å². The zero-order valence-corrected chi connectivity index (χ0v) is 9.87. The first kappa shape index (κ1) is 10.9. The van der Waals surface area contributed by atoms with Crippen LogP contribution in [0.4, 0.5) is 0 Å². The van der Waals surface area contributed by atoms with Crippen molar-refractivity contribution in [1.82, 2.24) is 19.2 Å². The Labute approximate surface area is 102 Å². The molecule has 6 nitrogen and oxygen atoms in total. The van der Waals surface area contributed by atoms with Crippen LogP contribution >= 0.6 is 0 Å². The molecule has 0 aliphatic rings. The van der Waals surface area contributed by atoms with Crippen LogP contribution in [0, 0.1) is 6.92 Å². The molecule has 0 amide bonds. The Kier molecular flexibility index (Phi) is 2.38. The zero-order valence-electron chi connectivity index (χ0n) is 9.87. The Hall–Kier alpha value is -2.21. The van der Waals surface area contributed by atoms with Crippen LogP contribution < -0.4 is 5.56 Å². The van der Waals surface area contributed by atoms with Crippen LogP contribution in [0.5, 0.6) is 0 Å². The number of aryl methyl sites for hydroxylation is 1. The molecule has 0 radical (unpaired) electrons. The molecule has 0 spiro atoms. The monoisotopic (exact) mass is 244 g/mol. The Balaban J connectivity index is 2.53. The van der Waals surface area contributed by atoms with Gasteiger partial charge in [0, 0.05) is 6.54 Å². The molecular formula is C12H12N4O2. The number of imidazole rings is 1. The summed E-state index contributed by atoms with van der Waals surface area (Å²) in [5.74, 6) is 0.459. The molecule has 0 aliphatic carbocycles. The van der Waals surface area contributed by atoms with Gasteiger partial charge in [-0.15, -0.1) is 0 Å². The van der Waals surface area contributed by atoms with Gasteiger partial charge in [-0.05, 0) is 19.1 Å². The molecule has 0 aliphatic heterocycles. The van der Waals surface area contributed by atoms with Gasteiger partial charge in [0.1, 0.15) is 5.69 Å². The third-order valence-corrected chi connectivity index (χ3v) is 2.92. The van der Waals surface area contributed by atoms with Crippen molar-refractivity contribution in [3.63, 3.8) is 0 Å². The molecule has 18 heavy (non-hydrogen) atoms. The van der Waals surface area contributed by atoms with Gasteiger partial charge in [-0.2, -0.15) is 14.6 Å². The highest BCUT2D eigenvalue weighted by Gasteiger charge is 2.12. The molecule has 0 saturated heterocycles. The normalized spacial score (nSPS) is 11.4. The van der Waals surface area contributed by atoms with Crippen LogP contribution in [-0.4, -0.2) is 30.9 Å². The van der Waals surface area contributed by atoms with Crippen molar-refractivity contribution in [3.8, 4) is 0 Å².